The zero-order valence-electron chi connectivity index (χ0n) is 9.23. The second kappa shape index (κ2) is 4.14. The van der Waals surface area contributed by atoms with Gasteiger partial charge in [-0.05, 0) is 19.4 Å². The first-order chi connectivity index (χ1) is 7.22. The Labute approximate surface area is 89.7 Å². The first-order valence-corrected chi connectivity index (χ1v) is 5.49. The Morgan fingerprint density at radius 3 is 3.00 bits per heavy atom. The fourth-order valence-corrected chi connectivity index (χ4v) is 2.04. The fourth-order valence-electron chi connectivity index (χ4n) is 2.04. The summed E-state index contributed by atoms with van der Waals surface area (Å²) in [6, 6.07) is 0. The maximum Gasteiger partial charge on any atom is 0.170 e. The van der Waals surface area contributed by atoms with Gasteiger partial charge in [0.2, 0.25) is 0 Å². The van der Waals surface area contributed by atoms with Crippen LogP contribution in [0.5, 0.6) is 0 Å². The third kappa shape index (κ3) is 1.95. The minimum atomic E-state index is 0.125. The molecule has 2 unspecified atom stereocenters. The monoisotopic (exact) mass is 207 g/mol. The second-order valence-corrected chi connectivity index (χ2v) is 4.19. The van der Waals surface area contributed by atoms with E-state index in [1.165, 1.54) is 0 Å². The predicted molar refractivity (Wildman–Crippen MR) is 57.8 cm³/mol. The first-order valence-electron chi connectivity index (χ1n) is 5.49. The summed E-state index contributed by atoms with van der Waals surface area (Å²) in [6.07, 6.45) is 3.52. The van der Waals surface area contributed by atoms with Gasteiger partial charge in [-0.25, -0.2) is 0 Å². The fraction of sp³-hybridized carbons (Fsp3) is 0.636. The molecule has 1 aromatic heterocycles. The molecule has 82 valence electrons. The van der Waals surface area contributed by atoms with Crippen molar-refractivity contribution in [1.29, 1.82) is 0 Å². The average Bonchev–Trinajstić information content (AvgIpc) is 2.84. The van der Waals surface area contributed by atoms with Crippen molar-refractivity contribution < 1.29 is 4.79 Å². The van der Waals surface area contributed by atoms with Gasteiger partial charge in [0.1, 0.15) is 0 Å². The smallest absolute Gasteiger partial charge is 0.170 e. The molecule has 4 heteroatoms. The summed E-state index contributed by atoms with van der Waals surface area (Å²) >= 11 is 0. The van der Waals surface area contributed by atoms with Crippen LogP contribution < -0.4 is 5.32 Å². The molecule has 15 heavy (non-hydrogen) atoms. The molecule has 0 radical (unpaired) electrons. The van der Waals surface area contributed by atoms with E-state index in [-0.39, 0.29) is 11.7 Å². The Kier molecular flexibility index (Phi) is 2.86. The number of carbonyl (C=O) groups is 1. The van der Waals surface area contributed by atoms with Crippen LogP contribution in [0.3, 0.4) is 0 Å². The van der Waals surface area contributed by atoms with Gasteiger partial charge in [-0.2, -0.15) is 5.10 Å². The van der Waals surface area contributed by atoms with Crippen molar-refractivity contribution in [1.82, 2.24) is 15.1 Å². The number of hydrogen-bond acceptors (Lipinski definition) is 3. The maximum atomic E-state index is 12.1. The lowest BCUT2D eigenvalue weighted by molar-refractivity contribution is 0.0907. The summed E-state index contributed by atoms with van der Waals surface area (Å²) in [5.74, 6) is 0.786. The van der Waals surface area contributed by atoms with E-state index in [0.29, 0.717) is 5.92 Å². The number of carbonyl (C=O) groups excluding carboxylic acids is 1. The molecule has 1 saturated heterocycles. The summed E-state index contributed by atoms with van der Waals surface area (Å²) in [5.41, 5.74) is 0.748. The second-order valence-electron chi connectivity index (χ2n) is 4.19. The van der Waals surface area contributed by atoms with E-state index in [2.05, 4.69) is 17.3 Å². The van der Waals surface area contributed by atoms with Gasteiger partial charge in [0.25, 0.3) is 0 Å². The molecule has 0 aliphatic carbocycles. The van der Waals surface area contributed by atoms with E-state index >= 15 is 0 Å². The minimum absolute atomic E-state index is 0.125. The van der Waals surface area contributed by atoms with Crippen molar-refractivity contribution in [3.8, 4) is 0 Å². The summed E-state index contributed by atoms with van der Waals surface area (Å²) in [5, 5.41) is 7.37. The summed E-state index contributed by atoms with van der Waals surface area (Å²) < 4.78 is 1.79. The Morgan fingerprint density at radius 1 is 1.67 bits per heavy atom. The third-order valence-electron chi connectivity index (χ3n) is 3.10. The van der Waals surface area contributed by atoms with Crippen LogP contribution in [0.1, 0.15) is 24.2 Å². The van der Waals surface area contributed by atoms with Crippen LogP contribution in [0.25, 0.3) is 0 Å². The van der Waals surface area contributed by atoms with Crippen LogP contribution in [0.15, 0.2) is 12.4 Å². The Hall–Kier alpha value is -1.16. The Balaban J connectivity index is 2.13. The van der Waals surface area contributed by atoms with Gasteiger partial charge >= 0.3 is 0 Å². The number of Topliss-reactive ketones (excluding diaryl/α,β-unsaturated/α-hetero) is 1. The van der Waals surface area contributed by atoms with Gasteiger partial charge in [-0.1, -0.05) is 6.92 Å². The number of aromatic nitrogens is 2. The number of ketones is 1. The molecule has 4 nitrogen and oxygen atoms in total. The third-order valence-corrected chi connectivity index (χ3v) is 3.10. The van der Waals surface area contributed by atoms with Gasteiger partial charge in [-0.15, -0.1) is 0 Å². The highest BCUT2D eigenvalue weighted by Gasteiger charge is 2.30. The molecule has 1 aliphatic rings. The molecule has 0 bridgehead atoms. The van der Waals surface area contributed by atoms with Crippen LogP contribution in [0.4, 0.5) is 0 Å². The van der Waals surface area contributed by atoms with Crippen LogP contribution >= 0.6 is 0 Å². The normalized spacial score (nSPS) is 25.7. The highest BCUT2D eigenvalue weighted by molar-refractivity contribution is 5.97. The lowest BCUT2D eigenvalue weighted by Gasteiger charge is -2.10. The van der Waals surface area contributed by atoms with Crippen molar-refractivity contribution in [2.75, 3.05) is 13.1 Å². The number of nitrogens with one attached hydrogen (secondary N) is 1. The summed E-state index contributed by atoms with van der Waals surface area (Å²) in [4.78, 5) is 12.1. The topological polar surface area (TPSA) is 46.9 Å². The Bertz CT molecular complexity index is 358. The zero-order chi connectivity index (χ0) is 10.8. The highest BCUT2D eigenvalue weighted by atomic mass is 16.1. The van der Waals surface area contributed by atoms with Crippen LogP contribution in [0.2, 0.25) is 0 Å². The van der Waals surface area contributed by atoms with Crippen LogP contribution in [-0.2, 0) is 6.54 Å². The summed E-state index contributed by atoms with van der Waals surface area (Å²) in [6.45, 7) is 6.69. The molecule has 0 spiro atoms. The SMILES string of the molecule is CCn1cc(C(=O)C2CNCC2C)cn1. The molecule has 0 saturated carbocycles. The molecule has 2 heterocycles. The van der Waals surface area contributed by atoms with E-state index in [1.807, 2.05) is 13.1 Å². The van der Waals surface area contributed by atoms with Crippen molar-refractivity contribution in [3.05, 3.63) is 18.0 Å². The van der Waals surface area contributed by atoms with Gasteiger partial charge < -0.3 is 5.32 Å². The molecule has 2 atom stereocenters. The maximum absolute atomic E-state index is 12.1. The quantitative estimate of drug-likeness (QED) is 0.750. The summed E-state index contributed by atoms with van der Waals surface area (Å²) in [7, 11) is 0. The minimum Gasteiger partial charge on any atom is -0.316 e. The number of hydrogen-bond donors (Lipinski definition) is 1. The predicted octanol–water partition coefficient (Wildman–Crippen LogP) is 0.941. The highest BCUT2D eigenvalue weighted by Crippen LogP contribution is 2.20. The van der Waals surface area contributed by atoms with Crippen LogP contribution in [-0.4, -0.2) is 28.7 Å². The van der Waals surface area contributed by atoms with Gasteiger partial charge in [0.05, 0.1) is 11.8 Å². The lowest BCUT2D eigenvalue weighted by Crippen LogP contribution is -2.21. The molecule has 1 aliphatic heterocycles. The standard InChI is InChI=1S/C11H17N3O/c1-3-14-7-9(5-13-14)11(15)10-6-12-4-8(10)2/h5,7-8,10,12H,3-4,6H2,1-2H3. The number of aryl methyl sites for hydroxylation is 1. The van der Waals surface area contributed by atoms with Gasteiger partial charge in [0, 0.05) is 25.2 Å². The lowest BCUT2D eigenvalue weighted by atomic mass is 9.91. The largest absolute Gasteiger partial charge is 0.316 e. The molecule has 1 fully saturated rings. The van der Waals surface area contributed by atoms with Gasteiger partial charge in [0.15, 0.2) is 5.78 Å². The first kappa shape index (κ1) is 10.4. The molecule has 1 aromatic rings. The van der Waals surface area contributed by atoms with E-state index in [9.17, 15) is 4.79 Å². The molecule has 0 aromatic carbocycles. The van der Waals surface area contributed by atoms with E-state index < -0.39 is 0 Å². The number of nitrogens with zero attached hydrogens (tertiary/aromatic N) is 2. The van der Waals surface area contributed by atoms with Crippen molar-refractivity contribution >= 4 is 5.78 Å². The molecule has 0 amide bonds. The molecular formula is C11H17N3O. The average molecular weight is 207 g/mol. The van der Waals surface area contributed by atoms with Crippen LogP contribution in [0, 0.1) is 11.8 Å². The molecule has 1 N–H and O–H groups in total. The Morgan fingerprint density at radius 2 is 2.47 bits per heavy atom. The van der Waals surface area contributed by atoms with E-state index in [0.717, 1.165) is 25.2 Å². The van der Waals surface area contributed by atoms with Crippen molar-refractivity contribution in [2.24, 2.45) is 11.8 Å². The zero-order valence-corrected chi connectivity index (χ0v) is 9.23. The number of rotatable bonds is 3. The van der Waals surface area contributed by atoms with Gasteiger partial charge in [-0.3, -0.25) is 9.48 Å². The van der Waals surface area contributed by atoms with E-state index in [1.54, 1.807) is 10.9 Å². The molecule has 2 rings (SSSR count). The molecular weight excluding hydrogens is 190 g/mol. The van der Waals surface area contributed by atoms with E-state index in [4.69, 9.17) is 0 Å². The van der Waals surface area contributed by atoms with Crippen molar-refractivity contribution in [2.45, 2.75) is 20.4 Å². The van der Waals surface area contributed by atoms with Crippen molar-refractivity contribution in [3.63, 3.8) is 0 Å².